The Kier molecular flexibility index (Phi) is 2.31. The van der Waals surface area contributed by atoms with Crippen molar-refractivity contribution in [3.8, 4) is 11.5 Å². The van der Waals surface area contributed by atoms with E-state index < -0.39 is 0 Å². The van der Waals surface area contributed by atoms with Crippen molar-refractivity contribution in [2.75, 3.05) is 0 Å². The van der Waals surface area contributed by atoms with Gasteiger partial charge < -0.3 is 9.55 Å². The molecule has 17 heavy (non-hydrogen) atoms. The molecule has 0 radical (unpaired) electrons. The third kappa shape index (κ3) is 1.67. The minimum absolute atomic E-state index is 0.252. The van der Waals surface area contributed by atoms with E-state index in [0.717, 1.165) is 11.2 Å². The number of hydrogen-bond donors (Lipinski definition) is 1. The van der Waals surface area contributed by atoms with Gasteiger partial charge in [-0.1, -0.05) is 23.2 Å². The molecule has 86 valence electrons. The summed E-state index contributed by atoms with van der Waals surface area (Å²) >= 11 is 11.7. The first-order valence-electron chi connectivity index (χ1n) is 4.83. The maximum absolute atomic E-state index is 5.89. The number of fused-ring (bicyclic) bond motifs is 1. The zero-order valence-electron chi connectivity index (χ0n) is 8.78. The van der Waals surface area contributed by atoms with Crippen molar-refractivity contribution in [1.82, 2.24) is 24.5 Å². The molecule has 0 aliphatic heterocycles. The number of imidazole rings is 2. The smallest absolute Gasteiger partial charge is 0.179 e. The normalized spacial score (nSPS) is 11.2. The molecule has 0 unspecified atom stereocenters. The van der Waals surface area contributed by atoms with Gasteiger partial charge in [0.05, 0.1) is 23.1 Å². The van der Waals surface area contributed by atoms with Gasteiger partial charge in [0.2, 0.25) is 0 Å². The molecule has 0 aromatic carbocycles. The highest BCUT2D eigenvalue weighted by Crippen LogP contribution is 2.25. The highest BCUT2D eigenvalue weighted by molar-refractivity contribution is 6.41. The molecular formula is C10H7Cl2N5. The quantitative estimate of drug-likeness (QED) is 0.690. The Labute approximate surface area is 106 Å². The van der Waals surface area contributed by atoms with E-state index in [1.807, 2.05) is 11.6 Å². The molecule has 1 N–H and O–H groups in total. The summed E-state index contributed by atoms with van der Waals surface area (Å²) in [6, 6.07) is 1.71. The number of aryl methyl sites for hydroxylation is 1. The lowest BCUT2D eigenvalue weighted by molar-refractivity contribution is 0.913. The second kappa shape index (κ2) is 3.72. The van der Waals surface area contributed by atoms with Crippen molar-refractivity contribution >= 4 is 34.4 Å². The van der Waals surface area contributed by atoms with Crippen LogP contribution in [-0.4, -0.2) is 24.5 Å². The van der Waals surface area contributed by atoms with Gasteiger partial charge in [-0.05, 0) is 6.07 Å². The van der Waals surface area contributed by atoms with Crippen LogP contribution in [0.3, 0.4) is 0 Å². The Balaban J connectivity index is 2.24. The summed E-state index contributed by atoms with van der Waals surface area (Å²) in [7, 11) is 1.89. The molecule has 3 aromatic rings. The largest absolute Gasteiger partial charge is 0.335 e. The van der Waals surface area contributed by atoms with Crippen LogP contribution in [0.25, 0.3) is 22.7 Å². The van der Waals surface area contributed by atoms with Gasteiger partial charge in [-0.15, -0.1) is 0 Å². The van der Waals surface area contributed by atoms with Gasteiger partial charge in [0.25, 0.3) is 0 Å². The molecule has 3 rings (SSSR count). The van der Waals surface area contributed by atoms with E-state index in [0.29, 0.717) is 16.5 Å². The Bertz CT molecular complexity index is 661. The van der Waals surface area contributed by atoms with Crippen LogP contribution in [0.4, 0.5) is 0 Å². The van der Waals surface area contributed by atoms with Crippen LogP contribution >= 0.6 is 23.2 Å². The Hall–Kier alpha value is -1.59. The lowest BCUT2D eigenvalue weighted by Gasteiger charge is -1.95. The summed E-state index contributed by atoms with van der Waals surface area (Å²) < 4.78 is 1.86. The molecule has 0 saturated heterocycles. The average Bonchev–Trinajstić information content (AvgIpc) is 2.85. The number of nitrogens with zero attached hydrogens (tertiary/aromatic N) is 4. The predicted molar refractivity (Wildman–Crippen MR) is 66.1 cm³/mol. The van der Waals surface area contributed by atoms with Crippen molar-refractivity contribution in [1.29, 1.82) is 0 Å². The molecule has 0 aliphatic carbocycles. The third-order valence-electron chi connectivity index (χ3n) is 2.44. The summed E-state index contributed by atoms with van der Waals surface area (Å²) in [5.41, 5.74) is 2.15. The van der Waals surface area contributed by atoms with E-state index in [-0.39, 0.29) is 5.15 Å². The first-order valence-corrected chi connectivity index (χ1v) is 5.59. The highest BCUT2D eigenvalue weighted by atomic mass is 35.5. The molecule has 3 heterocycles. The standard InChI is InChI=1S/C10H7Cl2N5/c1-17-4-13-3-7(17)10-14-6-2-5(11)8(12)15-9(6)16-10/h2-4H,1H3,(H,14,15,16). The minimum atomic E-state index is 0.252. The van der Waals surface area contributed by atoms with Crippen molar-refractivity contribution in [2.24, 2.45) is 7.05 Å². The van der Waals surface area contributed by atoms with E-state index in [4.69, 9.17) is 23.2 Å². The number of halogens is 2. The summed E-state index contributed by atoms with van der Waals surface area (Å²) in [6.07, 6.45) is 3.43. The van der Waals surface area contributed by atoms with Crippen molar-refractivity contribution in [2.45, 2.75) is 0 Å². The van der Waals surface area contributed by atoms with E-state index in [9.17, 15) is 0 Å². The minimum Gasteiger partial charge on any atom is -0.335 e. The highest BCUT2D eigenvalue weighted by Gasteiger charge is 2.11. The van der Waals surface area contributed by atoms with Gasteiger partial charge in [0, 0.05) is 7.05 Å². The van der Waals surface area contributed by atoms with Gasteiger partial charge in [-0.3, -0.25) is 0 Å². The van der Waals surface area contributed by atoms with Gasteiger partial charge in [-0.25, -0.2) is 15.0 Å². The molecule has 0 fully saturated rings. The monoisotopic (exact) mass is 267 g/mol. The van der Waals surface area contributed by atoms with Gasteiger partial charge in [0.1, 0.15) is 10.8 Å². The van der Waals surface area contributed by atoms with Gasteiger partial charge >= 0.3 is 0 Å². The molecule has 0 bridgehead atoms. The molecule has 0 aliphatic rings. The van der Waals surface area contributed by atoms with E-state index >= 15 is 0 Å². The number of H-pyrrole nitrogens is 1. The number of aromatic amines is 1. The van der Waals surface area contributed by atoms with Crippen LogP contribution in [-0.2, 0) is 7.05 Å². The molecule has 0 atom stereocenters. The fraction of sp³-hybridized carbons (Fsp3) is 0.100. The predicted octanol–water partition coefficient (Wildman–Crippen LogP) is 2.67. The average molecular weight is 268 g/mol. The fourth-order valence-electron chi connectivity index (χ4n) is 1.60. The number of pyridine rings is 1. The van der Waals surface area contributed by atoms with E-state index in [1.54, 1.807) is 18.6 Å². The molecular weight excluding hydrogens is 261 g/mol. The van der Waals surface area contributed by atoms with Crippen molar-refractivity contribution in [3.63, 3.8) is 0 Å². The third-order valence-corrected chi connectivity index (χ3v) is 3.12. The second-order valence-corrected chi connectivity index (χ2v) is 4.37. The van der Waals surface area contributed by atoms with Gasteiger partial charge in [0.15, 0.2) is 11.5 Å². The van der Waals surface area contributed by atoms with Crippen LogP contribution < -0.4 is 0 Å². The lowest BCUT2D eigenvalue weighted by atomic mass is 10.4. The Morgan fingerprint density at radius 2 is 2.12 bits per heavy atom. The summed E-state index contributed by atoms with van der Waals surface area (Å²) in [6.45, 7) is 0. The maximum Gasteiger partial charge on any atom is 0.179 e. The summed E-state index contributed by atoms with van der Waals surface area (Å²) in [5, 5.41) is 0.654. The lowest BCUT2D eigenvalue weighted by Crippen LogP contribution is -1.90. The topological polar surface area (TPSA) is 59.4 Å². The molecule has 0 spiro atoms. The molecule has 0 saturated carbocycles. The van der Waals surface area contributed by atoms with Crippen molar-refractivity contribution in [3.05, 3.63) is 28.8 Å². The number of hydrogen-bond acceptors (Lipinski definition) is 3. The van der Waals surface area contributed by atoms with Crippen LogP contribution in [0, 0.1) is 0 Å². The van der Waals surface area contributed by atoms with Crippen LogP contribution in [0.2, 0.25) is 10.2 Å². The SMILES string of the molecule is Cn1cncc1-c1nc2nc(Cl)c(Cl)cc2[nH]1. The Morgan fingerprint density at radius 1 is 1.29 bits per heavy atom. The van der Waals surface area contributed by atoms with Crippen LogP contribution in [0.5, 0.6) is 0 Å². The number of nitrogens with one attached hydrogen (secondary N) is 1. The number of rotatable bonds is 1. The second-order valence-electron chi connectivity index (χ2n) is 3.61. The summed E-state index contributed by atoms with van der Waals surface area (Å²) in [4.78, 5) is 15.6. The summed E-state index contributed by atoms with van der Waals surface area (Å²) in [5.74, 6) is 0.686. The molecule has 5 nitrogen and oxygen atoms in total. The fourth-order valence-corrected chi connectivity index (χ4v) is 1.89. The zero-order chi connectivity index (χ0) is 12.0. The van der Waals surface area contributed by atoms with Crippen molar-refractivity contribution < 1.29 is 0 Å². The van der Waals surface area contributed by atoms with Crippen LogP contribution in [0.15, 0.2) is 18.6 Å². The first kappa shape index (κ1) is 10.6. The zero-order valence-corrected chi connectivity index (χ0v) is 10.3. The maximum atomic E-state index is 5.89. The molecule has 0 amide bonds. The molecule has 7 heteroatoms. The molecule has 3 aromatic heterocycles. The van der Waals surface area contributed by atoms with E-state index in [2.05, 4.69) is 19.9 Å². The number of aromatic nitrogens is 5. The van der Waals surface area contributed by atoms with Gasteiger partial charge in [-0.2, -0.15) is 0 Å². The van der Waals surface area contributed by atoms with Crippen LogP contribution in [0.1, 0.15) is 0 Å². The Morgan fingerprint density at radius 3 is 2.82 bits per heavy atom. The van der Waals surface area contributed by atoms with E-state index in [1.165, 1.54) is 0 Å². The first-order chi connectivity index (χ1) is 8.15.